The lowest BCUT2D eigenvalue weighted by Crippen LogP contribution is -2.19. The minimum Gasteiger partial charge on any atom is -0.308 e. The molecule has 0 aliphatic heterocycles. The van der Waals surface area contributed by atoms with Crippen molar-refractivity contribution in [1.82, 2.24) is 4.98 Å². The van der Waals surface area contributed by atoms with Crippen molar-refractivity contribution in [3.63, 3.8) is 0 Å². The standard InChI is InChI=1S/C14H14F3N3OS/c1-2-4-11-8-18-13(22-11)20-12(21)19-10-6-3-5-9(7-10)14(15,16)17/h3,5-8H,2,4H2,1H3,(H2,18,19,20,21). The van der Waals surface area contributed by atoms with Gasteiger partial charge in [-0.2, -0.15) is 13.2 Å². The SMILES string of the molecule is CCCc1cnc(NC(=O)Nc2cccc(C(F)(F)F)c2)s1. The number of rotatable bonds is 4. The molecule has 118 valence electrons. The fraction of sp³-hybridized carbons (Fsp3) is 0.286. The van der Waals surface area contributed by atoms with E-state index in [0.29, 0.717) is 5.13 Å². The molecule has 22 heavy (non-hydrogen) atoms. The van der Waals surface area contributed by atoms with Crippen molar-refractivity contribution in [3.8, 4) is 0 Å². The quantitative estimate of drug-likeness (QED) is 0.850. The summed E-state index contributed by atoms with van der Waals surface area (Å²) in [5.74, 6) is 0. The first kappa shape index (κ1) is 16.3. The average molecular weight is 329 g/mol. The number of hydrogen-bond acceptors (Lipinski definition) is 3. The van der Waals surface area contributed by atoms with E-state index in [1.807, 2.05) is 6.92 Å². The van der Waals surface area contributed by atoms with Gasteiger partial charge in [0.15, 0.2) is 5.13 Å². The number of hydrogen-bond donors (Lipinski definition) is 2. The van der Waals surface area contributed by atoms with Crippen molar-refractivity contribution < 1.29 is 18.0 Å². The molecule has 0 saturated heterocycles. The van der Waals surface area contributed by atoms with Crippen LogP contribution in [-0.4, -0.2) is 11.0 Å². The van der Waals surface area contributed by atoms with Gasteiger partial charge >= 0.3 is 12.2 Å². The number of aryl methyl sites for hydroxylation is 1. The van der Waals surface area contributed by atoms with Crippen molar-refractivity contribution in [3.05, 3.63) is 40.9 Å². The lowest BCUT2D eigenvalue weighted by molar-refractivity contribution is -0.137. The fourth-order valence-corrected chi connectivity index (χ4v) is 2.67. The molecule has 1 aromatic heterocycles. The lowest BCUT2D eigenvalue weighted by Gasteiger charge is -2.09. The van der Waals surface area contributed by atoms with Crippen LogP contribution in [-0.2, 0) is 12.6 Å². The van der Waals surface area contributed by atoms with Gasteiger partial charge in [0.2, 0.25) is 0 Å². The molecule has 0 saturated carbocycles. The van der Waals surface area contributed by atoms with Gasteiger partial charge in [-0.15, -0.1) is 11.3 Å². The van der Waals surface area contributed by atoms with E-state index in [1.54, 1.807) is 6.20 Å². The Morgan fingerprint density at radius 3 is 2.77 bits per heavy atom. The summed E-state index contributed by atoms with van der Waals surface area (Å²) < 4.78 is 37.8. The Hall–Kier alpha value is -2.09. The molecular formula is C14H14F3N3OS. The Morgan fingerprint density at radius 2 is 2.09 bits per heavy atom. The largest absolute Gasteiger partial charge is 0.416 e. The Bertz CT molecular complexity index is 655. The summed E-state index contributed by atoms with van der Waals surface area (Å²) in [5.41, 5.74) is -0.748. The normalized spacial score (nSPS) is 11.3. The fourth-order valence-electron chi connectivity index (χ4n) is 1.76. The van der Waals surface area contributed by atoms with E-state index >= 15 is 0 Å². The Labute approximate surface area is 129 Å². The van der Waals surface area contributed by atoms with Crippen LogP contribution in [0.5, 0.6) is 0 Å². The van der Waals surface area contributed by atoms with Gasteiger partial charge in [-0.3, -0.25) is 5.32 Å². The van der Waals surface area contributed by atoms with Crippen molar-refractivity contribution in [2.45, 2.75) is 25.9 Å². The number of amides is 2. The number of nitrogens with zero attached hydrogens (tertiary/aromatic N) is 1. The van der Waals surface area contributed by atoms with Crippen molar-refractivity contribution in [2.75, 3.05) is 10.6 Å². The average Bonchev–Trinajstić information content (AvgIpc) is 2.85. The predicted octanol–water partition coefficient (Wildman–Crippen LogP) is 4.76. The second kappa shape index (κ2) is 6.78. The molecule has 0 atom stereocenters. The van der Waals surface area contributed by atoms with E-state index in [-0.39, 0.29) is 5.69 Å². The van der Waals surface area contributed by atoms with E-state index in [4.69, 9.17) is 0 Å². The third kappa shape index (κ3) is 4.45. The number of nitrogens with one attached hydrogen (secondary N) is 2. The number of alkyl halides is 3. The van der Waals surface area contributed by atoms with Crippen LogP contribution in [0.2, 0.25) is 0 Å². The van der Waals surface area contributed by atoms with Gasteiger partial charge < -0.3 is 5.32 Å². The first-order valence-electron chi connectivity index (χ1n) is 6.58. The molecular weight excluding hydrogens is 315 g/mol. The molecule has 2 N–H and O–H groups in total. The molecule has 1 heterocycles. The summed E-state index contributed by atoms with van der Waals surface area (Å²) >= 11 is 1.34. The monoisotopic (exact) mass is 329 g/mol. The maximum atomic E-state index is 12.6. The summed E-state index contributed by atoms with van der Waals surface area (Å²) in [5, 5.41) is 5.27. The van der Waals surface area contributed by atoms with E-state index in [0.717, 1.165) is 29.9 Å². The van der Waals surface area contributed by atoms with Gasteiger partial charge in [-0.1, -0.05) is 19.4 Å². The minimum absolute atomic E-state index is 0.0673. The van der Waals surface area contributed by atoms with E-state index in [2.05, 4.69) is 15.6 Å². The topological polar surface area (TPSA) is 54.0 Å². The van der Waals surface area contributed by atoms with Crippen LogP contribution in [0.3, 0.4) is 0 Å². The highest BCUT2D eigenvalue weighted by Gasteiger charge is 2.30. The number of anilines is 2. The molecule has 2 rings (SSSR count). The zero-order chi connectivity index (χ0) is 16.2. The third-order valence-corrected chi connectivity index (χ3v) is 3.69. The summed E-state index contributed by atoms with van der Waals surface area (Å²) in [7, 11) is 0. The highest BCUT2D eigenvalue weighted by atomic mass is 32.1. The number of carbonyl (C=O) groups excluding carboxylic acids is 1. The lowest BCUT2D eigenvalue weighted by atomic mass is 10.2. The van der Waals surface area contributed by atoms with Crippen molar-refractivity contribution in [1.29, 1.82) is 0 Å². The highest BCUT2D eigenvalue weighted by Crippen LogP contribution is 2.30. The number of aromatic nitrogens is 1. The van der Waals surface area contributed by atoms with Crippen LogP contribution < -0.4 is 10.6 Å². The van der Waals surface area contributed by atoms with E-state index in [1.165, 1.54) is 23.5 Å². The van der Waals surface area contributed by atoms with Crippen molar-refractivity contribution in [2.24, 2.45) is 0 Å². The summed E-state index contributed by atoms with van der Waals surface area (Å²) in [6.07, 6.45) is -0.931. The molecule has 0 radical (unpaired) electrons. The first-order valence-corrected chi connectivity index (χ1v) is 7.40. The summed E-state index contributed by atoms with van der Waals surface area (Å²) in [4.78, 5) is 16.9. The Balaban J connectivity index is 1.99. The number of thiazole rings is 1. The second-order valence-corrected chi connectivity index (χ2v) is 5.65. The third-order valence-electron chi connectivity index (χ3n) is 2.72. The zero-order valence-corrected chi connectivity index (χ0v) is 12.5. The van der Waals surface area contributed by atoms with Gasteiger partial charge in [0.1, 0.15) is 0 Å². The van der Waals surface area contributed by atoms with Gasteiger partial charge in [0.25, 0.3) is 0 Å². The van der Waals surface area contributed by atoms with Gasteiger partial charge in [-0.25, -0.2) is 9.78 Å². The Morgan fingerprint density at radius 1 is 1.32 bits per heavy atom. The molecule has 1 aromatic carbocycles. The van der Waals surface area contributed by atoms with E-state index in [9.17, 15) is 18.0 Å². The Kier molecular flexibility index (Phi) is 5.02. The molecule has 0 bridgehead atoms. The van der Waals surface area contributed by atoms with E-state index < -0.39 is 17.8 Å². The van der Waals surface area contributed by atoms with Crippen LogP contribution in [0, 0.1) is 0 Å². The van der Waals surface area contributed by atoms with Crippen molar-refractivity contribution >= 4 is 28.2 Å². The molecule has 0 aliphatic carbocycles. The summed E-state index contributed by atoms with van der Waals surface area (Å²) in [6.45, 7) is 2.03. The van der Waals surface area contributed by atoms with Crippen LogP contribution in [0.25, 0.3) is 0 Å². The first-order chi connectivity index (χ1) is 10.4. The van der Waals surface area contributed by atoms with Crippen LogP contribution in [0.15, 0.2) is 30.5 Å². The number of halogens is 3. The molecule has 0 unspecified atom stereocenters. The highest BCUT2D eigenvalue weighted by molar-refractivity contribution is 7.15. The molecule has 8 heteroatoms. The second-order valence-electron chi connectivity index (χ2n) is 4.54. The molecule has 0 fully saturated rings. The van der Waals surface area contributed by atoms with Gasteiger partial charge in [0, 0.05) is 16.8 Å². The maximum Gasteiger partial charge on any atom is 0.416 e. The number of benzene rings is 1. The molecule has 0 aliphatic rings. The van der Waals surface area contributed by atoms with Crippen LogP contribution in [0.1, 0.15) is 23.8 Å². The molecule has 2 amide bonds. The predicted molar refractivity (Wildman–Crippen MR) is 80.2 cm³/mol. The van der Waals surface area contributed by atoms with Crippen LogP contribution >= 0.6 is 11.3 Å². The van der Waals surface area contributed by atoms with Gasteiger partial charge in [-0.05, 0) is 24.6 Å². The molecule has 2 aromatic rings. The molecule has 0 spiro atoms. The summed E-state index contributed by atoms with van der Waals surface area (Å²) in [6, 6.07) is 3.82. The number of urea groups is 1. The zero-order valence-electron chi connectivity index (χ0n) is 11.7. The number of carbonyl (C=O) groups is 1. The minimum atomic E-state index is -4.45. The van der Waals surface area contributed by atoms with Crippen LogP contribution in [0.4, 0.5) is 28.8 Å². The smallest absolute Gasteiger partial charge is 0.308 e. The maximum absolute atomic E-state index is 12.6. The van der Waals surface area contributed by atoms with Gasteiger partial charge in [0.05, 0.1) is 5.56 Å². The molecule has 4 nitrogen and oxygen atoms in total.